The number of allylic oxidation sites excluding steroid dienone is 1. The van der Waals surface area contributed by atoms with Gasteiger partial charge in [0.15, 0.2) is 0 Å². The van der Waals surface area contributed by atoms with Gasteiger partial charge in [0.1, 0.15) is 22.9 Å². The third kappa shape index (κ3) is 4.53. The Labute approximate surface area is 199 Å². The molecule has 4 rings (SSSR count). The summed E-state index contributed by atoms with van der Waals surface area (Å²) in [6.07, 6.45) is 4.98. The van der Waals surface area contributed by atoms with E-state index in [0.717, 1.165) is 50.1 Å². The van der Waals surface area contributed by atoms with E-state index >= 15 is 0 Å². The lowest BCUT2D eigenvalue weighted by molar-refractivity contribution is -0.111. The molecule has 2 aromatic heterocycles. The Morgan fingerprint density at radius 3 is 2.74 bits per heavy atom. The van der Waals surface area contributed by atoms with Gasteiger partial charge in [0.25, 0.3) is 0 Å². The summed E-state index contributed by atoms with van der Waals surface area (Å²) < 4.78 is 17.4. The van der Waals surface area contributed by atoms with E-state index in [-0.39, 0.29) is 5.91 Å². The molecule has 4 aromatic rings. The van der Waals surface area contributed by atoms with Crippen LogP contribution in [0, 0.1) is 13.8 Å². The fourth-order valence-electron chi connectivity index (χ4n) is 4.00. The molecule has 0 aliphatic rings. The van der Waals surface area contributed by atoms with E-state index in [0.29, 0.717) is 18.2 Å². The number of aryl methyl sites for hydroxylation is 2. The quantitative estimate of drug-likeness (QED) is 0.319. The van der Waals surface area contributed by atoms with Crippen molar-refractivity contribution in [3.05, 3.63) is 77.7 Å². The Hall–Kier alpha value is -4.06. The fraction of sp³-hybridized carbons (Fsp3) is 0.214. The summed E-state index contributed by atoms with van der Waals surface area (Å²) >= 11 is 0. The highest BCUT2D eigenvalue weighted by atomic mass is 16.5. The minimum absolute atomic E-state index is 0.250. The van der Waals surface area contributed by atoms with Crippen LogP contribution in [0.3, 0.4) is 0 Å². The van der Waals surface area contributed by atoms with Gasteiger partial charge in [-0.3, -0.25) is 4.79 Å². The van der Waals surface area contributed by atoms with Gasteiger partial charge >= 0.3 is 0 Å². The Bertz CT molecular complexity index is 1380. The minimum Gasteiger partial charge on any atom is -0.497 e. The van der Waals surface area contributed by atoms with Crippen molar-refractivity contribution in [2.45, 2.75) is 27.7 Å². The number of amides is 1. The average Bonchev–Trinajstić information content (AvgIpc) is 3.26. The van der Waals surface area contributed by atoms with Crippen LogP contribution in [0.2, 0.25) is 0 Å². The van der Waals surface area contributed by atoms with Gasteiger partial charge in [0.2, 0.25) is 5.91 Å². The van der Waals surface area contributed by atoms with Crippen LogP contribution in [0.5, 0.6) is 11.5 Å². The number of carbonyl (C=O) groups excluding carboxylic acids is 1. The molecule has 0 spiro atoms. The molecule has 2 heterocycles. The Balaban J connectivity index is 1.80. The van der Waals surface area contributed by atoms with Gasteiger partial charge in [0.05, 0.1) is 20.0 Å². The first-order valence-corrected chi connectivity index (χ1v) is 11.2. The van der Waals surface area contributed by atoms with Gasteiger partial charge in [-0.05, 0) is 68.7 Å². The summed E-state index contributed by atoms with van der Waals surface area (Å²) in [7, 11) is 1.65. The highest BCUT2D eigenvalue weighted by Crippen LogP contribution is 2.41. The van der Waals surface area contributed by atoms with E-state index < -0.39 is 0 Å². The van der Waals surface area contributed by atoms with Gasteiger partial charge in [-0.1, -0.05) is 18.2 Å². The molecular weight excluding hydrogens is 428 g/mol. The van der Waals surface area contributed by atoms with Crippen molar-refractivity contribution < 1.29 is 18.7 Å². The zero-order valence-electron chi connectivity index (χ0n) is 20.1. The second kappa shape index (κ2) is 9.83. The number of fused-ring (bicyclic) bond motifs is 1. The SMILES string of the molecule is CCOc1c(/C(C)=C/C(=O)Nc2ncccc2C)cc2c(-c3cccc(OC)c3)coc2c1C. The van der Waals surface area contributed by atoms with Gasteiger partial charge in [-0.15, -0.1) is 0 Å². The summed E-state index contributed by atoms with van der Waals surface area (Å²) in [5.74, 6) is 1.77. The zero-order chi connectivity index (χ0) is 24.2. The van der Waals surface area contributed by atoms with E-state index in [9.17, 15) is 4.79 Å². The predicted molar refractivity (Wildman–Crippen MR) is 135 cm³/mol. The first-order chi connectivity index (χ1) is 16.4. The third-order valence-corrected chi connectivity index (χ3v) is 5.74. The van der Waals surface area contributed by atoms with Crippen molar-refractivity contribution in [2.75, 3.05) is 19.0 Å². The number of nitrogens with zero attached hydrogens (tertiary/aromatic N) is 1. The van der Waals surface area contributed by atoms with Crippen LogP contribution in [0.4, 0.5) is 5.82 Å². The van der Waals surface area contributed by atoms with Crippen LogP contribution in [0.15, 0.2) is 65.4 Å². The first kappa shape index (κ1) is 23.1. The smallest absolute Gasteiger partial charge is 0.249 e. The van der Waals surface area contributed by atoms with Crippen LogP contribution in [0.25, 0.3) is 27.7 Å². The molecule has 1 N–H and O–H groups in total. The maximum atomic E-state index is 12.8. The molecule has 0 radical (unpaired) electrons. The van der Waals surface area contributed by atoms with E-state index in [1.807, 2.05) is 70.2 Å². The maximum absolute atomic E-state index is 12.8. The maximum Gasteiger partial charge on any atom is 0.249 e. The number of carbonyl (C=O) groups is 1. The van der Waals surface area contributed by atoms with Crippen molar-refractivity contribution in [3.8, 4) is 22.6 Å². The van der Waals surface area contributed by atoms with E-state index in [1.165, 1.54) is 0 Å². The lowest BCUT2D eigenvalue weighted by Crippen LogP contribution is -2.11. The number of rotatable bonds is 7. The normalized spacial score (nSPS) is 11.5. The van der Waals surface area contributed by atoms with E-state index in [4.69, 9.17) is 13.9 Å². The van der Waals surface area contributed by atoms with Crippen molar-refractivity contribution in [3.63, 3.8) is 0 Å². The molecular formula is C28H28N2O4. The second-order valence-electron chi connectivity index (χ2n) is 8.05. The Kier molecular flexibility index (Phi) is 6.68. The molecule has 6 nitrogen and oxygen atoms in total. The summed E-state index contributed by atoms with van der Waals surface area (Å²) in [6, 6.07) is 13.6. The second-order valence-corrected chi connectivity index (χ2v) is 8.05. The highest BCUT2D eigenvalue weighted by Gasteiger charge is 2.19. The zero-order valence-corrected chi connectivity index (χ0v) is 20.1. The average molecular weight is 457 g/mol. The first-order valence-electron chi connectivity index (χ1n) is 11.2. The Morgan fingerprint density at radius 1 is 1.18 bits per heavy atom. The molecule has 0 saturated heterocycles. The topological polar surface area (TPSA) is 73.6 Å². The largest absolute Gasteiger partial charge is 0.497 e. The van der Waals surface area contributed by atoms with Crippen molar-refractivity contribution >= 4 is 28.3 Å². The predicted octanol–water partition coefficient (Wildman–Crippen LogP) is 6.56. The molecule has 0 fully saturated rings. The number of aromatic nitrogens is 1. The summed E-state index contributed by atoms with van der Waals surface area (Å²) in [5.41, 5.74) is 6.09. The molecule has 0 unspecified atom stereocenters. The van der Waals surface area contributed by atoms with Crippen LogP contribution >= 0.6 is 0 Å². The van der Waals surface area contributed by atoms with E-state index in [2.05, 4.69) is 10.3 Å². The molecule has 2 aromatic carbocycles. The van der Waals surface area contributed by atoms with Crippen molar-refractivity contribution in [2.24, 2.45) is 0 Å². The number of pyridine rings is 1. The number of anilines is 1. The molecule has 174 valence electrons. The van der Waals surface area contributed by atoms with Crippen LogP contribution in [0.1, 0.15) is 30.5 Å². The van der Waals surface area contributed by atoms with Crippen LogP contribution in [-0.4, -0.2) is 24.6 Å². The number of benzene rings is 2. The van der Waals surface area contributed by atoms with Gasteiger partial charge in [-0.25, -0.2) is 4.98 Å². The monoisotopic (exact) mass is 456 g/mol. The minimum atomic E-state index is -0.250. The molecule has 0 aliphatic heterocycles. The summed E-state index contributed by atoms with van der Waals surface area (Å²) in [4.78, 5) is 17.0. The lowest BCUT2D eigenvalue weighted by atomic mass is 9.96. The highest BCUT2D eigenvalue weighted by molar-refractivity contribution is 6.05. The molecule has 0 bridgehead atoms. The van der Waals surface area contributed by atoms with Gasteiger partial charge < -0.3 is 19.2 Å². The molecule has 1 amide bonds. The third-order valence-electron chi connectivity index (χ3n) is 5.74. The Morgan fingerprint density at radius 2 is 2.00 bits per heavy atom. The van der Waals surface area contributed by atoms with Gasteiger partial charge in [-0.2, -0.15) is 0 Å². The van der Waals surface area contributed by atoms with Crippen LogP contribution < -0.4 is 14.8 Å². The van der Waals surface area contributed by atoms with Crippen molar-refractivity contribution in [1.82, 2.24) is 4.98 Å². The lowest BCUT2D eigenvalue weighted by Gasteiger charge is -2.15. The number of nitrogens with one attached hydrogen (secondary N) is 1. The number of hydrogen-bond donors (Lipinski definition) is 1. The molecule has 34 heavy (non-hydrogen) atoms. The summed E-state index contributed by atoms with van der Waals surface area (Å²) in [6.45, 7) is 8.21. The number of ether oxygens (including phenoxy) is 2. The van der Waals surface area contributed by atoms with E-state index in [1.54, 1.807) is 25.6 Å². The standard InChI is InChI=1S/C28H28N2O4/c1-6-33-26-19(4)27-23(24(16-34-27)20-10-7-11-21(14-20)32-5)15-22(26)18(3)13-25(31)30-28-17(2)9-8-12-29-28/h7-16H,6H2,1-5H3,(H,29,30,31)/b18-13+. The van der Waals surface area contributed by atoms with Crippen molar-refractivity contribution in [1.29, 1.82) is 0 Å². The number of furan rings is 1. The molecule has 0 saturated carbocycles. The fourth-order valence-corrected chi connectivity index (χ4v) is 4.00. The molecule has 0 atom stereocenters. The summed E-state index contributed by atoms with van der Waals surface area (Å²) in [5, 5.41) is 3.80. The number of methoxy groups -OCH3 is 1. The van der Waals surface area contributed by atoms with Gasteiger partial charge in [0, 0.05) is 34.3 Å². The van der Waals surface area contributed by atoms with Crippen LogP contribution in [-0.2, 0) is 4.79 Å². The molecule has 0 aliphatic carbocycles. The molecule has 6 heteroatoms. The number of hydrogen-bond acceptors (Lipinski definition) is 5.